The third kappa shape index (κ3) is 2.72. The van der Waals surface area contributed by atoms with Crippen LogP contribution >= 0.6 is 0 Å². The van der Waals surface area contributed by atoms with Gasteiger partial charge in [-0.05, 0) is 25.0 Å². The molecule has 1 aromatic heterocycles. The van der Waals surface area contributed by atoms with Crippen LogP contribution in [0, 0.1) is 25.7 Å². The first-order chi connectivity index (χ1) is 14.9. The van der Waals surface area contributed by atoms with Gasteiger partial charge in [0.15, 0.2) is 0 Å². The number of nitrogens with zero attached hydrogens (tertiary/aromatic N) is 3. The molecule has 160 valence electrons. The van der Waals surface area contributed by atoms with Crippen LogP contribution in [-0.2, 0) is 33.8 Å². The number of fused-ring (bicyclic) bond motifs is 2. The minimum absolute atomic E-state index is 0.0232. The van der Waals surface area contributed by atoms with Crippen LogP contribution in [-0.4, -0.2) is 56.6 Å². The van der Waals surface area contributed by atoms with Gasteiger partial charge in [0.1, 0.15) is 5.60 Å². The summed E-state index contributed by atoms with van der Waals surface area (Å²) >= 11 is 0. The average Bonchev–Trinajstić information content (AvgIpc) is 3.51. The number of ether oxygens (including phenoxy) is 1. The number of aromatic amines is 1. The second-order valence-corrected chi connectivity index (χ2v) is 9.41. The van der Waals surface area contributed by atoms with E-state index in [1.807, 2.05) is 22.0 Å². The number of H-pyrrole nitrogens is 1. The summed E-state index contributed by atoms with van der Waals surface area (Å²) in [5.41, 5.74) is 4.99. The first-order valence-corrected chi connectivity index (χ1v) is 11.0. The third-order valence-corrected chi connectivity index (χ3v) is 7.44. The molecule has 0 unspecified atom stereocenters. The van der Waals surface area contributed by atoms with E-state index in [0.29, 0.717) is 26.2 Å². The van der Waals surface area contributed by atoms with E-state index < -0.39 is 17.4 Å². The van der Waals surface area contributed by atoms with E-state index in [1.165, 1.54) is 11.1 Å². The zero-order chi connectivity index (χ0) is 21.3. The van der Waals surface area contributed by atoms with E-state index in [-0.39, 0.29) is 17.9 Å². The van der Waals surface area contributed by atoms with E-state index in [9.17, 15) is 9.59 Å². The van der Waals surface area contributed by atoms with Gasteiger partial charge in [0.05, 0.1) is 30.7 Å². The summed E-state index contributed by atoms with van der Waals surface area (Å²) in [7, 11) is 0. The lowest BCUT2D eigenvalue weighted by atomic mass is 9.76. The molecule has 0 aliphatic carbocycles. The smallest absolute Gasteiger partial charge is 0.230 e. The molecular formula is C24H26N4O3. The summed E-state index contributed by atoms with van der Waals surface area (Å²) in [6.07, 6.45) is 6.26. The van der Waals surface area contributed by atoms with E-state index in [4.69, 9.17) is 4.74 Å². The number of amides is 2. The van der Waals surface area contributed by atoms with E-state index in [2.05, 4.69) is 42.2 Å². The zero-order valence-corrected chi connectivity index (χ0v) is 17.8. The minimum Gasteiger partial charge on any atom is -0.360 e. The highest BCUT2D eigenvalue weighted by molar-refractivity contribution is 5.93. The Balaban J connectivity index is 1.26. The van der Waals surface area contributed by atoms with Crippen LogP contribution < -0.4 is 0 Å². The van der Waals surface area contributed by atoms with Crippen LogP contribution in [0.15, 0.2) is 36.5 Å². The summed E-state index contributed by atoms with van der Waals surface area (Å²) in [6, 6.07) is 6.32. The molecule has 2 saturated heterocycles. The van der Waals surface area contributed by atoms with E-state index >= 15 is 0 Å². The number of carbonyl (C=O) groups excluding carboxylic acids is 2. The quantitative estimate of drug-likeness (QED) is 0.773. The second-order valence-electron chi connectivity index (χ2n) is 9.41. The van der Waals surface area contributed by atoms with E-state index in [1.54, 1.807) is 6.20 Å². The lowest BCUT2D eigenvalue weighted by molar-refractivity contribution is -0.144. The summed E-state index contributed by atoms with van der Waals surface area (Å²) in [6.45, 7) is 6.37. The van der Waals surface area contributed by atoms with Gasteiger partial charge in [-0.1, -0.05) is 35.9 Å². The largest absolute Gasteiger partial charge is 0.360 e. The molecule has 6 rings (SSSR count). The number of carbonyl (C=O) groups is 2. The number of nitrogens with one attached hydrogen (secondary N) is 1. The minimum atomic E-state index is -0.670. The SMILES string of the molecule is Cc1ccc(C)c(CN2C[C@]34C=C[C@H](O3)[C@H](C(=O)N3CCc5[nH]ncc5C3)[C@H]4C2=O)c1. The number of hydrogen-bond donors (Lipinski definition) is 1. The Kier molecular flexibility index (Phi) is 3.96. The molecule has 4 atom stereocenters. The highest BCUT2D eigenvalue weighted by Crippen LogP contribution is 2.52. The van der Waals surface area contributed by atoms with Crippen LogP contribution in [0.25, 0.3) is 0 Å². The fraction of sp³-hybridized carbons (Fsp3) is 0.458. The Hall–Kier alpha value is -2.93. The van der Waals surface area contributed by atoms with Crippen LogP contribution in [0.3, 0.4) is 0 Å². The van der Waals surface area contributed by atoms with Gasteiger partial charge in [0.2, 0.25) is 11.8 Å². The Labute approximate surface area is 181 Å². The molecule has 0 radical (unpaired) electrons. The van der Waals surface area contributed by atoms with Gasteiger partial charge in [-0.3, -0.25) is 14.7 Å². The Morgan fingerprint density at radius 1 is 1.35 bits per heavy atom. The molecule has 2 aromatic rings. The summed E-state index contributed by atoms with van der Waals surface area (Å²) in [4.78, 5) is 30.9. The van der Waals surface area contributed by atoms with Gasteiger partial charge in [-0.2, -0.15) is 5.10 Å². The highest BCUT2D eigenvalue weighted by atomic mass is 16.5. The molecule has 7 nitrogen and oxygen atoms in total. The topological polar surface area (TPSA) is 78.5 Å². The van der Waals surface area contributed by atoms with Gasteiger partial charge >= 0.3 is 0 Å². The molecule has 31 heavy (non-hydrogen) atoms. The standard InChI is InChI=1S/C24H26N4O3/c1-14-3-4-15(2)16(9-14)11-28-13-24-7-5-19(31-24)20(21(24)23(28)30)22(29)27-8-6-18-17(12-27)10-25-26-18/h3-5,7,9-10,19-21H,6,8,11-13H2,1-2H3,(H,25,26)/t19-,20-,21-,24-/m0/s1. The van der Waals surface area contributed by atoms with Crippen LogP contribution in [0.5, 0.6) is 0 Å². The van der Waals surface area contributed by atoms with Crippen molar-refractivity contribution < 1.29 is 14.3 Å². The van der Waals surface area contributed by atoms with Crippen molar-refractivity contribution in [1.82, 2.24) is 20.0 Å². The molecule has 0 saturated carbocycles. The lowest BCUT2D eigenvalue weighted by Crippen LogP contribution is -2.47. The monoisotopic (exact) mass is 418 g/mol. The van der Waals surface area contributed by atoms with E-state index in [0.717, 1.165) is 23.2 Å². The molecule has 2 amide bonds. The van der Waals surface area contributed by atoms with Crippen molar-refractivity contribution in [3.05, 3.63) is 64.5 Å². The molecule has 2 bridgehead atoms. The average molecular weight is 418 g/mol. The molecule has 1 N–H and O–H groups in total. The van der Waals surface area contributed by atoms with Crippen molar-refractivity contribution in [2.24, 2.45) is 11.8 Å². The number of aryl methyl sites for hydroxylation is 2. The maximum Gasteiger partial charge on any atom is 0.230 e. The number of aromatic nitrogens is 2. The fourth-order valence-corrected chi connectivity index (χ4v) is 5.79. The molecular weight excluding hydrogens is 392 g/mol. The number of rotatable bonds is 3. The molecule has 1 aromatic carbocycles. The number of benzene rings is 1. The highest BCUT2D eigenvalue weighted by Gasteiger charge is 2.67. The Morgan fingerprint density at radius 2 is 2.23 bits per heavy atom. The van der Waals surface area contributed by atoms with Gasteiger partial charge < -0.3 is 14.5 Å². The maximum absolute atomic E-state index is 13.6. The van der Waals surface area contributed by atoms with Gasteiger partial charge in [-0.25, -0.2) is 0 Å². The van der Waals surface area contributed by atoms with Crippen LogP contribution in [0.2, 0.25) is 0 Å². The Bertz CT molecular complexity index is 1120. The predicted molar refractivity (Wildman–Crippen MR) is 113 cm³/mol. The van der Waals surface area contributed by atoms with Crippen molar-refractivity contribution in [2.75, 3.05) is 13.1 Å². The molecule has 4 aliphatic heterocycles. The van der Waals surface area contributed by atoms with Crippen molar-refractivity contribution in [3.63, 3.8) is 0 Å². The third-order valence-electron chi connectivity index (χ3n) is 7.44. The molecule has 5 heterocycles. The maximum atomic E-state index is 13.6. The lowest BCUT2D eigenvalue weighted by Gasteiger charge is -2.32. The fourth-order valence-electron chi connectivity index (χ4n) is 5.79. The Morgan fingerprint density at radius 3 is 3.10 bits per heavy atom. The van der Waals surface area contributed by atoms with Gasteiger partial charge in [0.25, 0.3) is 0 Å². The first-order valence-electron chi connectivity index (χ1n) is 11.0. The van der Waals surface area contributed by atoms with Gasteiger partial charge in [-0.15, -0.1) is 0 Å². The zero-order valence-electron chi connectivity index (χ0n) is 17.8. The molecule has 7 heteroatoms. The van der Waals surface area contributed by atoms with Crippen molar-refractivity contribution in [2.45, 2.75) is 45.1 Å². The molecule has 1 spiro atoms. The molecule has 4 aliphatic rings. The first kappa shape index (κ1) is 18.8. The van der Waals surface area contributed by atoms with Crippen LogP contribution in [0.4, 0.5) is 0 Å². The van der Waals surface area contributed by atoms with Crippen LogP contribution in [0.1, 0.15) is 27.9 Å². The number of likely N-dealkylation sites (tertiary alicyclic amines) is 1. The number of hydrogen-bond acceptors (Lipinski definition) is 4. The summed E-state index contributed by atoms with van der Waals surface area (Å²) in [5.74, 6) is -0.831. The van der Waals surface area contributed by atoms with Crippen molar-refractivity contribution in [1.29, 1.82) is 0 Å². The molecule has 2 fully saturated rings. The normalized spacial score (nSPS) is 30.8. The second kappa shape index (κ2) is 6.53. The van der Waals surface area contributed by atoms with Crippen molar-refractivity contribution in [3.8, 4) is 0 Å². The summed E-state index contributed by atoms with van der Waals surface area (Å²) < 4.78 is 6.32. The van der Waals surface area contributed by atoms with Gasteiger partial charge in [0, 0.05) is 37.3 Å². The predicted octanol–water partition coefficient (Wildman–Crippen LogP) is 1.89. The van der Waals surface area contributed by atoms with Crippen molar-refractivity contribution >= 4 is 11.8 Å². The summed E-state index contributed by atoms with van der Waals surface area (Å²) in [5, 5.41) is 7.11.